The number of halogens is 1. The number of likely N-dealkylation sites (N-methyl/N-ethyl adjacent to an activating group) is 1. The molecular formula is C19H19BrN4O2. The molecule has 1 N–H and O–H groups in total. The standard InChI is InChI=1S/C19H19BrN4O2/c1-13-12-15(8-9-16(13)20)21-19(25)24(2)11-10-17-22-18(26-23-17)14-6-4-3-5-7-14/h3-9,12H,10-11H2,1-2H3,(H,21,25). The molecule has 0 aliphatic carbocycles. The lowest BCUT2D eigenvalue weighted by Gasteiger charge is -2.17. The molecule has 0 saturated heterocycles. The van der Waals surface area contributed by atoms with Gasteiger partial charge < -0.3 is 14.7 Å². The first-order chi connectivity index (χ1) is 12.5. The van der Waals surface area contributed by atoms with Crippen molar-refractivity contribution in [1.29, 1.82) is 0 Å². The van der Waals surface area contributed by atoms with Crippen LogP contribution in [0.5, 0.6) is 0 Å². The van der Waals surface area contributed by atoms with Crippen LogP contribution in [0.3, 0.4) is 0 Å². The number of amides is 2. The predicted octanol–water partition coefficient (Wildman–Crippen LogP) is 4.51. The van der Waals surface area contributed by atoms with E-state index >= 15 is 0 Å². The Morgan fingerprint density at radius 3 is 2.73 bits per heavy atom. The third kappa shape index (κ3) is 4.49. The van der Waals surface area contributed by atoms with Crippen molar-refractivity contribution < 1.29 is 9.32 Å². The Bertz CT molecular complexity index is 896. The fourth-order valence-corrected chi connectivity index (χ4v) is 2.61. The van der Waals surface area contributed by atoms with Gasteiger partial charge >= 0.3 is 6.03 Å². The van der Waals surface area contributed by atoms with E-state index in [-0.39, 0.29) is 6.03 Å². The summed E-state index contributed by atoms with van der Waals surface area (Å²) in [5.74, 6) is 1.06. The average molecular weight is 415 g/mol. The van der Waals surface area contributed by atoms with Gasteiger partial charge in [-0.25, -0.2) is 4.79 Å². The molecule has 0 aliphatic heterocycles. The summed E-state index contributed by atoms with van der Waals surface area (Å²) in [6.45, 7) is 2.46. The molecule has 1 heterocycles. The molecule has 0 spiro atoms. The maximum Gasteiger partial charge on any atom is 0.321 e. The Labute approximate surface area is 160 Å². The van der Waals surface area contributed by atoms with Gasteiger partial charge in [0.15, 0.2) is 5.82 Å². The molecule has 0 atom stereocenters. The van der Waals surface area contributed by atoms with Crippen molar-refractivity contribution in [2.75, 3.05) is 18.9 Å². The topological polar surface area (TPSA) is 71.3 Å². The molecule has 7 heteroatoms. The van der Waals surface area contributed by atoms with Gasteiger partial charge in [-0.15, -0.1) is 0 Å². The van der Waals surface area contributed by atoms with Gasteiger partial charge in [-0.1, -0.05) is 39.3 Å². The number of hydrogen-bond acceptors (Lipinski definition) is 4. The summed E-state index contributed by atoms with van der Waals surface area (Å²) in [7, 11) is 1.74. The van der Waals surface area contributed by atoms with Gasteiger partial charge in [0.25, 0.3) is 5.89 Å². The van der Waals surface area contributed by atoms with Crippen molar-refractivity contribution >= 4 is 27.6 Å². The van der Waals surface area contributed by atoms with Gasteiger partial charge in [0.05, 0.1) is 0 Å². The average Bonchev–Trinajstić information content (AvgIpc) is 3.12. The second-order valence-electron chi connectivity index (χ2n) is 5.95. The van der Waals surface area contributed by atoms with E-state index in [0.29, 0.717) is 24.7 Å². The monoisotopic (exact) mass is 414 g/mol. The normalized spacial score (nSPS) is 10.6. The van der Waals surface area contributed by atoms with Crippen LogP contribution >= 0.6 is 15.9 Å². The second kappa shape index (κ2) is 8.14. The minimum atomic E-state index is -0.182. The first-order valence-corrected chi connectivity index (χ1v) is 8.98. The quantitative estimate of drug-likeness (QED) is 0.666. The summed E-state index contributed by atoms with van der Waals surface area (Å²) in [5, 5.41) is 6.86. The molecule has 3 rings (SSSR count). The van der Waals surface area contributed by atoms with Crippen molar-refractivity contribution in [3.63, 3.8) is 0 Å². The van der Waals surface area contributed by atoms with Crippen LogP contribution < -0.4 is 5.32 Å². The van der Waals surface area contributed by atoms with Crippen molar-refractivity contribution in [2.45, 2.75) is 13.3 Å². The SMILES string of the molecule is Cc1cc(NC(=O)N(C)CCc2noc(-c3ccccc3)n2)ccc1Br. The largest absolute Gasteiger partial charge is 0.334 e. The van der Waals surface area contributed by atoms with Crippen molar-refractivity contribution in [1.82, 2.24) is 15.0 Å². The number of nitrogens with zero attached hydrogens (tertiary/aromatic N) is 3. The highest BCUT2D eigenvalue weighted by molar-refractivity contribution is 9.10. The second-order valence-corrected chi connectivity index (χ2v) is 6.80. The van der Waals surface area contributed by atoms with Crippen LogP contribution in [-0.2, 0) is 6.42 Å². The van der Waals surface area contributed by atoms with Gasteiger partial charge in [0.2, 0.25) is 0 Å². The van der Waals surface area contributed by atoms with Crippen molar-refractivity contribution in [2.24, 2.45) is 0 Å². The number of urea groups is 1. The van der Waals surface area contributed by atoms with Gasteiger partial charge in [0, 0.05) is 35.7 Å². The fraction of sp³-hybridized carbons (Fsp3) is 0.211. The molecule has 0 aliphatic rings. The van der Waals surface area contributed by atoms with Gasteiger partial charge in [-0.2, -0.15) is 4.98 Å². The lowest BCUT2D eigenvalue weighted by molar-refractivity contribution is 0.222. The zero-order valence-electron chi connectivity index (χ0n) is 14.6. The Hall–Kier alpha value is -2.67. The third-order valence-electron chi connectivity index (χ3n) is 3.92. The van der Waals surface area contributed by atoms with E-state index in [1.807, 2.05) is 55.5 Å². The zero-order valence-corrected chi connectivity index (χ0v) is 16.2. The number of benzene rings is 2. The minimum absolute atomic E-state index is 0.182. The highest BCUT2D eigenvalue weighted by Gasteiger charge is 2.13. The van der Waals surface area contributed by atoms with Crippen LogP contribution in [0, 0.1) is 6.92 Å². The van der Waals surface area contributed by atoms with E-state index < -0.39 is 0 Å². The lowest BCUT2D eigenvalue weighted by Crippen LogP contribution is -2.33. The molecule has 3 aromatic rings. The Morgan fingerprint density at radius 2 is 2.00 bits per heavy atom. The highest BCUT2D eigenvalue weighted by Crippen LogP contribution is 2.20. The predicted molar refractivity (Wildman–Crippen MR) is 104 cm³/mol. The van der Waals surface area contributed by atoms with E-state index in [4.69, 9.17) is 4.52 Å². The molecule has 0 radical (unpaired) electrons. The van der Waals surface area contributed by atoms with Crippen LogP contribution in [0.2, 0.25) is 0 Å². The molecule has 0 unspecified atom stereocenters. The summed E-state index contributed by atoms with van der Waals surface area (Å²) in [6.07, 6.45) is 0.514. The summed E-state index contributed by atoms with van der Waals surface area (Å²) >= 11 is 3.45. The van der Waals surface area contributed by atoms with Crippen LogP contribution in [0.1, 0.15) is 11.4 Å². The van der Waals surface area contributed by atoms with E-state index in [1.54, 1.807) is 11.9 Å². The van der Waals surface area contributed by atoms with Crippen molar-refractivity contribution in [3.05, 3.63) is 64.4 Å². The fourth-order valence-electron chi connectivity index (χ4n) is 2.36. The molecule has 2 aromatic carbocycles. The van der Waals surface area contributed by atoms with Gasteiger partial charge in [0.1, 0.15) is 0 Å². The number of nitrogens with one attached hydrogen (secondary N) is 1. The molecule has 1 aromatic heterocycles. The van der Waals surface area contributed by atoms with Gasteiger partial charge in [-0.05, 0) is 42.8 Å². The molecular weight excluding hydrogens is 396 g/mol. The van der Waals surface area contributed by atoms with E-state index in [2.05, 4.69) is 31.4 Å². The van der Waals surface area contributed by atoms with Crippen molar-refractivity contribution in [3.8, 4) is 11.5 Å². The molecule has 0 saturated carbocycles. The van der Waals surface area contributed by atoms with Crippen LogP contribution in [-0.4, -0.2) is 34.7 Å². The first-order valence-electron chi connectivity index (χ1n) is 8.19. The molecule has 0 fully saturated rings. The summed E-state index contributed by atoms with van der Waals surface area (Å²) < 4.78 is 6.29. The number of rotatable bonds is 5. The zero-order chi connectivity index (χ0) is 18.5. The number of carbonyl (C=O) groups is 1. The number of aryl methyl sites for hydroxylation is 1. The molecule has 0 bridgehead atoms. The first kappa shape index (κ1) is 18.1. The summed E-state index contributed by atoms with van der Waals surface area (Å²) in [5.41, 5.74) is 2.70. The van der Waals surface area contributed by atoms with Crippen LogP contribution in [0.4, 0.5) is 10.5 Å². The molecule has 2 amide bonds. The minimum Gasteiger partial charge on any atom is -0.334 e. The van der Waals surface area contributed by atoms with Gasteiger partial charge in [-0.3, -0.25) is 0 Å². The Balaban J connectivity index is 1.55. The highest BCUT2D eigenvalue weighted by atomic mass is 79.9. The number of anilines is 1. The smallest absolute Gasteiger partial charge is 0.321 e. The number of aromatic nitrogens is 2. The summed E-state index contributed by atoms with van der Waals surface area (Å²) in [6, 6.07) is 15.1. The third-order valence-corrected chi connectivity index (χ3v) is 4.81. The van der Waals surface area contributed by atoms with E-state index in [0.717, 1.165) is 21.3 Å². The molecule has 6 nitrogen and oxygen atoms in total. The van der Waals surface area contributed by atoms with E-state index in [1.165, 1.54) is 0 Å². The maximum absolute atomic E-state index is 12.3. The maximum atomic E-state index is 12.3. The summed E-state index contributed by atoms with van der Waals surface area (Å²) in [4.78, 5) is 18.3. The van der Waals surface area contributed by atoms with Crippen LogP contribution in [0.25, 0.3) is 11.5 Å². The number of hydrogen-bond donors (Lipinski definition) is 1. The Morgan fingerprint density at radius 1 is 1.23 bits per heavy atom. The molecule has 134 valence electrons. The van der Waals surface area contributed by atoms with Crippen LogP contribution in [0.15, 0.2) is 57.5 Å². The lowest BCUT2D eigenvalue weighted by atomic mass is 10.2. The molecule has 26 heavy (non-hydrogen) atoms. The Kier molecular flexibility index (Phi) is 5.68. The number of carbonyl (C=O) groups excluding carboxylic acids is 1. The van der Waals surface area contributed by atoms with E-state index in [9.17, 15) is 4.79 Å².